The summed E-state index contributed by atoms with van der Waals surface area (Å²) in [6, 6.07) is 3.67. The molecule has 2 heteroatoms. The van der Waals surface area contributed by atoms with Gasteiger partial charge < -0.3 is 4.98 Å². The van der Waals surface area contributed by atoms with Crippen molar-refractivity contribution in [3.05, 3.63) is 34.2 Å². The van der Waals surface area contributed by atoms with E-state index in [1.54, 1.807) is 6.20 Å². The number of hydrogen-bond acceptors (Lipinski definition) is 1. The van der Waals surface area contributed by atoms with Crippen molar-refractivity contribution in [2.45, 2.75) is 13.3 Å². The van der Waals surface area contributed by atoms with Crippen LogP contribution in [0.15, 0.2) is 23.1 Å². The van der Waals surface area contributed by atoms with Crippen molar-refractivity contribution in [2.24, 2.45) is 0 Å². The number of pyridine rings is 1. The number of nitrogens with one attached hydrogen (secondary N) is 1. The minimum atomic E-state index is 0.0278. The zero-order valence-corrected chi connectivity index (χ0v) is 5.35. The zero-order valence-electron chi connectivity index (χ0n) is 5.35. The molecule has 0 aliphatic rings. The molecule has 2 nitrogen and oxygen atoms in total. The van der Waals surface area contributed by atoms with Gasteiger partial charge in [0, 0.05) is 11.8 Å². The Hall–Kier alpha value is -1.05. The number of rotatable bonds is 1. The molecular weight excluding hydrogens is 114 g/mol. The molecule has 0 bridgehead atoms. The predicted octanol–water partition coefficient (Wildman–Crippen LogP) is 0.937. The summed E-state index contributed by atoms with van der Waals surface area (Å²) in [4.78, 5) is 13.4. The van der Waals surface area contributed by atoms with Gasteiger partial charge >= 0.3 is 0 Å². The van der Waals surface area contributed by atoms with Gasteiger partial charge in [-0.3, -0.25) is 4.79 Å². The first-order valence-electron chi connectivity index (χ1n) is 3.01. The van der Waals surface area contributed by atoms with Crippen LogP contribution >= 0.6 is 0 Å². The first-order chi connectivity index (χ1) is 4.34. The van der Waals surface area contributed by atoms with Crippen molar-refractivity contribution in [2.75, 3.05) is 0 Å². The molecule has 0 spiro atoms. The van der Waals surface area contributed by atoms with Gasteiger partial charge in [0.15, 0.2) is 0 Å². The van der Waals surface area contributed by atoms with Gasteiger partial charge in [0.2, 0.25) is 0 Å². The molecule has 1 N–H and O–H groups in total. The molecular formula is C7H9NO. The van der Waals surface area contributed by atoms with E-state index in [0.29, 0.717) is 0 Å². The average Bonchev–Trinajstić information content (AvgIpc) is 1.89. The van der Waals surface area contributed by atoms with Crippen molar-refractivity contribution < 1.29 is 0 Å². The molecule has 1 heterocycles. The highest BCUT2D eigenvalue weighted by atomic mass is 16.1. The van der Waals surface area contributed by atoms with E-state index in [0.717, 1.165) is 12.0 Å². The molecule has 0 aliphatic heterocycles. The van der Waals surface area contributed by atoms with Crippen molar-refractivity contribution in [3.8, 4) is 0 Å². The maximum absolute atomic E-state index is 10.8. The third-order valence-corrected chi connectivity index (χ3v) is 1.28. The van der Waals surface area contributed by atoms with Crippen LogP contribution < -0.4 is 5.56 Å². The number of aryl methyl sites for hydroxylation is 1. The Balaban J connectivity index is 3.16. The second-order valence-electron chi connectivity index (χ2n) is 1.88. The van der Waals surface area contributed by atoms with Gasteiger partial charge in [-0.05, 0) is 12.5 Å². The summed E-state index contributed by atoms with van der Waals surface area (Å²) in [6.45, 7) is 1.96. The van der Waals surface area contributed by atoms with Crippen LogP contribution in [0, 0.1) is 0 Å². The van der Waals surface area contributed by atoms with Gasteiger partial charge in [0.25, 0.3) is 5.56 Å². The van der Waals surface area contributed by atoms with E-state index in [2.05, 4.69) is 4.98 Å². The van der Waals surface area contributed by atoms with Gasteiger partial charge in [-0.1, -0.05) is 13.0 Å². The van der Waals surface area contributed by atoms with Crippen LogP contribution in [-0.4, -0.2) is 4.98 Å². The molecule has 1 aromatic rings. The van der Waals surface area contributed by atoms with Gasteiger partial charge in [0.1, 0.15) is 0 Å². The Morgan fingerprint density at radius 3 is 2.89 bits per heavy atom. The molecule has 0 saturated heterocycles. The summed E-state index contributed by atoms with van der Waals surface area (Å²) >= 11 is 0. The lowest BCUT2D eigenvalue weighted by atomic mass is 10.2. The molecule has 9 heavy (non-hydrogen) atoms. The van der Waals surface area contributed by atoms with Crippen molar-refractivity contribution in [3.63, 3.8) is 0 Å². The molecule has 0 aromatic carbocycles. The van der Waals surface area contributed by atoms with E-state index in [-0.39, 0.29) is 5.56 Å². The molecule has 0 amide bonds. The average molecular weight is 123 g/mol. The lowest BCUT2D eigenvalue weighted by Crippen LogP contribution is -2.09. The number of H-pyrrole nitrogens is 1. The first-order valence-corrected chi connectivity index (χ1v) is 3.01. The second kappa shape index (κ2) is 2.49. The van der Waals surface area contributed by atoms with Gasteiger partial charge in [-0.15, -0.1) is 0 Å². The Bertz CT molecular complexity index is 239. The Labute approximate surface area is 53.5 Å². The highest BCUT2D eigenvalue weighted by Gasteiger charge is 1.90. The summed E-state index contributed by atoms with van der Waals surface area (Å²) in [5, 5.41) is 0. The van der Waals surface area contributed by atoms with Crippen LogP contribution in [0.5, 0.6) is 0 Å². The quantitative estimate of drug-likeness (QED) is 0.592. The van der Waals surface area contributed by atoms with Crippen molar-refractivity contribution in [1.29, 1.82) is 0 Å². The monoisotopic (exact) mass is 123 g/mol. The fraction of sp³-hybridized carbons (Fsp3) is 0.286. The lowest BCUT2D eigenvalue weighted by molar-refractivity contribution is 1.06. The summed E-state index contributed by atoms with van der Waals surface area (Å²) in [7, 11) is 0. The summed E-state index contributed by atoms with van der Waals surface area (Å²) in [5.74, 6) is 0. The standard InChI is InChI=1S/C7H9NO/c1-2-6-4-3-5-8-7(6)9/h3-5H,2H2,1H3,(H,8,9). The molecule has 1 rings (SSSR count). The summed E-state index contributed by atoms with van der Waals surface area (Å²) in [5.41, 5.74) is 0.873. The molecule has 48 valence electrons. The topological polar surface area (TPSA) is 32.9 Å². The molecule has 0 atom stereocenters. The van der Waals surface area contributed by atoms with E-state index in [9.17, 15) is 4.79 Å². The Morgan fingerprint density at radius 2 is 2.44 bits per heavy atom. The molecule has 0 saturated carbocycles. The smallest absolute Gasteiger partial charge is 0.251 e. The van der Waals surface area contributed by atoms with E-state index in [1.807, 2.05) is 19.1 Å². The number of hydrogen-bond donors (Lipinski definition) is 1. The summed E-state index contributed by atoms with van der Waals surface area (Å²) < 4.78 is 0. The Kier molecular flexibility index (Phi) is 1.68. The molecule has 0 radical (unpaired) electrons. The van der Waals surface area contributed by atoms with Gasteiger partial charge in [0.05, 0.1) is 0 Å². The third-order valence-electron chi connectivity index (χ3n) is 1.28. The maximum atomic E-state index is 10.8. The van der Waals surface area contributed by atoms with Crippen molar-refractivity contribution in [1.82, 2.24) is 4.98 Å². The van der Waals surface area contributed by atoms with Crippen molar-refractivity contribution >= 4 is 0 Å². The molecule has 0 fully saturated rings. The predicted molar refractivity (Wildman–Crippen MR) is 36.4 cm³/mol. The molecule has 0 unspecified atom stereocenters. The fourth-order valence-electron chi connectivity index (χ4n) is 0.735. The second-order valence-corrected chi connectivity index (χ2v) is 1.88. The van der Waals surface area contributed by atoms with Crippen LogP contribution in [0.1, 0.15) is 12.5 Å². The number of aromatic amines is 1. The zero-order chi connectivity index (χ0) is 6.69. The first kappa shape index (κ1) is 6.08. The van der Waals surface area contributed by atoms with Crippen LogP contribution in [0.4, 0.5) is 0 Å². The highest BCUT2D eigenvalue weighted by molar-refractivity contribution is 5.07. The lowest BCUT2D eigenvalue weighted by Gasteiger charge is -1.89. The molecule has 0 aliphatic carbocycles. The van der Waals surface area contributed by atoms with Gasteiger partial charge in [-0.25, -0.2) is 0 Å². The third kappa shape index (κ3) is 1.19. The van der Waals surface area contributed by atoms with Crippen LogP contribution in [0.2, 0.25) is 0 Å². The van der Waals surface area contributed by atoms with Crippen LogP contribution in [0.3, 0.4) is 0 Å². The van der Waals surface area contributed by atoms with Gasteiger partial charge in [-0.2, -0.15) is 0 Å². The van der Waals surface area contributed by atoms with Crippen LogP contribution in [0.25, 0.3) is 0 Å². The maximum Gasteiger partial charge on any atom is 0.251 e. The minimum absolute atomic E-state index is 0.0278. The normalized spacial score (nSPS) is 9.44. The van der Waals surface area contributed by atoms with E-state index in [1.165, 1.54) is 0 Å². The fourth-order valence-corrected chi connectivity index (χ4v) is 0.735. The summed E-state index contributed by atoms with van der Waals surface area (Å²) in [6.07, 6.45) is 2.44. The van der Waals surface area contributed by atoms with Crippen LogP contribution in [-0.2, 0) is 6.42 Å². The van der Waals surface area contributed by atoms with E-state index >= 15 is 0 Å². The number of aromatic nitrogens is 1. The highest BCUT2D eigenvalue weighted by Crippen LogP contribution is 1.87. The van der Waals surface area contributed by atoms with E-state index in [4.69, 9.17) is 0 Å². The minimum Gasteiger partial charge on any atom is -0.329 e. The van der Waals surface area contributed by atoms with E-state index < -0.39 is 0 Å². The largest absolute Gasteiger partial charge is 0.329 e. The Morgan fingerprint density at radius 1 is 1.67 bits per heavy atom. The molecule has 1 aromatic heterocycles. The SMILES string of the molecule is CCc1ccc[nH]c1=O.